The maximum Gasteiger partial charge on any atom is 0.224 e. The number of anilines is 1. The van der Waals surface area contributed by atoms with Crippen molar-refractivity contribution in [3.05, 3.63) is 59.7 Å². The molecule has 2 aromatic carbocycles. The average molecular weight is 393 g/mol. The molecular formula is C25H32N2O2. The Kier molecular flexibility index (Phi) is 6.50. The molecule has 1 unspecified atom stereocenters. The van der Waals surface area contributed by atoms with Crippen molar-refractivity contribution in [2.24, 2.45) is 11.8 Å². The van der Waals surface area contributed by atoms with Crippen molar-refractivity contribution >= 4 is 11.6 Å². The Bertz CT molecular complexity index is 813. The average Bonchev–Trinajstić information content (AvgIpc) is 2.74. The predicted molar refractivity (Wildman–Crippen MR) is 117 cm³/mol. The van der Waals surface area contributed by atoms with E-state index in [0.717, 1.165) is 35.9 Å². The molecule has 1 fully saturated rings. The van der Waals surface area contributed by atoms with Gasteiger partial charge < -0.3 is 15.0 Å². The Morgan fingerprint density at radius 2 is 1.86 bits per heavy atom. The van der Waals surface area contributed by atoms with Gasteiger partial charge in [-0.1, -0.05) is 43.3 Å². The maximum atomic E-state index is 11.6. The van der Waals surface area contributed by atoms with Gasteiger partial charge in [0.25, 0.3) is 0 Å². The molecule has 29 heavy (non-hydrogen) atoms. The highest BCUT2D eigenvalue weighted by atomic mass is 16.5. The normalized spacial score (nSPS) is 18.7. The topological polar surface area (TPSA) is 41.6 Å². The Morgan fingerprint density at radius 3 is 2.66 bits per heavy atom. The highest BCUT2D eigenvalue weighted by molar-refractivity contribution is 5.94. The zero-order valence-corrected chi connectivity index (χ0v) is 17.4. The fraction of sp³-hybridized carbons (Fsp3) is 0.480. The van der Waals surface area contributed by atoms with Crippen molar-refractivity contribution in [3.63, 3.8) is 0 Å². The fourth-order valence-corrected chi connectivity index (χ4v) is 4.57. The van der Waals surface area contributed by atoms with Crippen molar-refractivity contribution in [3.8, 4) is 5.75 Å². The number of carbonyl (C=O) groups is 1. The summed E-state index contributed by atoms with van der Waals surface area (Å²) < 4.78 is 6.17. The molecule has 154 valence electrons. The first-order chi connectivity index (χ1) is 14.2. The third-order valence-electron chi connectivity index (χ3n) is 6.18. The van der Waals surface area contributed by atoms with E-state index in [1.165, 1.54) is 37.9 Å². The second-order valence-electron chi connectivity index (χ2n) is 8.68. The van der Waals surface area contributed by atoms with E-state index in [2.05, 4.69) is 47.5 Å². The molecule has 2 aliphatic rings. The standard InChI is InChI=1S/C25H32N2O2/c1-19(18-29-24-9-5-8-23-22(24)10-11-25(28)26-23)17-27-14-12-21(13-15-27)16-20-6-3-2-4-7-20/h2-9,19,21H,10-18H2,1H3,(H,26,28). The molecule has 2 heterocycles. The number of piperidine rings is 1. The SMILES string of the molecule is CC(COc1cccc2c1CCC(=O)N2)CN1CCC(Cc2ccccc2)CC1. The van der Waals surface area contributed by atoms with Crippen LogP contribution < -0.4 is 10.1 Å². The summed E-state index contributed by atoms with van der Waals surface area (Å²) in [4.78, 5) is 14.2. The number of nitrogens with one attached hydrogen (secondary N) is 1. The van der Waals surface area contributed by atoms with E-state index in [0.29, 0.717) is 18.9 Å². The number of fused-ring (bicyclic) bond motifs is 1. The van der Waals surface area contributed by atoms with Gasteiger partial charge in [0, 0.05) is 30.1 Å². The quantitative estimate of drug-likeness (QED) is 0.752. The number of hydrogen-bond donors (Lipinski definition) is 1. The number of carbonyl (C=O) groups excluding carboxylic acids is 1. The van der Waals surface area contributed by atoms with Crippen LogP contribution in [-0.2, 0) is 17.6 Å². The number of likely N-dealkylation sites (tertiary alicyclic amines) is 1. The smallest absolute Gasteiger partial charge is 0.224 e. The molecule has 0 saturated carbocycles. The lowest BCUT2D eigenvalue weighted by molar-refractivity contribution is -0.116. The molecule has 0 bridgehead atoms. The summed E-state index contributed by atoms with van der Waals surface area (Å²) in [5.41, 5.74) is 3.52. The molecule has 4 rings (SSSR count). The second kappa shape index (κ2) is 9.45. The van der Waals surface area contributed by atoms with Gasteiger partial charge in [0.1, 0.15) is 5.75 Å². The van der Waals surface area contributed by atoms with E-state index in [1.807, 2.05) is 18.2 Å². The van der Waals surface area contributed by atoms with Gasteiger partial charge in [-0.15, -0.1) is 0 Å². The largest absolute Gasteiger partial charge is 0.493 e. The van der Waals surface area contributed by atoms with Crippen LogP contribution in [0, 0.1) is 11.8 Å². The summed E-state index contributed by atoms with van der Waals surface area (Å²) in [6, 6.07) is 16.8. The minimum absolute atomic E-state index is 0.0960. The zero-order valence-electron chi connectivity index (χ0n) is 17.4. The van der Waals surface area contributed by atoms with E-state index in [9.17, 15) is 4.79 Å². The summed E-state index contributed by atoms with van der Waals surface area (Å²) >= 11 is 0. The fourth-order valence-electron chi connectivity index (χ4n) is 4.57. The molecule has 1 amide bonds. The Labute approximate surface area is 174 Å². The van der Waals surface area contributed by atoms with Crippen molar-refractivity contribution in [2.45, 2.75) is 39.0 Å². The van der Waals surface area contributed by atoms with Crippen molar-refractivity contribution < 1.29 is 9.53 Å². The lowest BCUT2D eigenvalue weighted by atomic mass is 9.90. The van der Waals surface area contributed by atoms with E-state index in [1.54, 1.807) is 0 Å². The van der Waals surface area contributed by atoms with Crippen LogP contribution in [0.25, 0.3) is 0 Å². The molecule has 0 radical (unpaired) electrons. The van der Waals surface area contributed by atoms with Crippen LogP contribution in [0.2, 0.25) is 0 Å². The van der Waals surface area contributed by atoms with Gasteiger partial charge in [-0.25, -0.2) is 0 Å². The summed E-state index contributed by atoms with van der Waals surface area (Å²) in [6.07, 6.45) is 5.09. The van der Waals surface area contributed by atoms with Gasteiger partial charge in [0.05, 0.1) is 6.61 Å². The number of hydrogen-bond acceptors (Lipinski definition) is 3. The van der Waals surface area contributed by atoms with Crippen LogP contribution in [0.15, 0.2) is 48.5 Å². The van der Waals surface area contributed by atoms with Gasteiger partial charge in [0.15, 0.2) is 0 Å². The molecule has 0 aliphatic carbocycles. The second-order valence-corrected chi connectivity index (χ2v) is 8.68. The molecule has 4 heteroatoms. The molecule has 1 atom stereocenters. The van der Waals surface area contributed by atoms with Gasteiger partial charge >= 0.3 is 0 Å². The summed E-state index contributed by atoms with van der Waals surface area (Å²) in [5, 5.41) is 2.95. The molecule has 1 saturated heterocycles. The van der Waals surface area contributed by atoms with Gasteiger partial charge in [-0.05, 0) is 62.4 Å². The lowest BCUT2D eigenvalue weighted by Gasteiger charge is -2.33. The maximum absolute atomic E-state index is 11.6. The van der Waals surface area contributed by atoms with E-state index >= 15 is 0 Å². The van der Waals surface area contributed by atoms with Crippen molar-refractivity contribution in [1.29, 1.82) is 0 Å². The van der Waals surface area contributed by atoms with Crippen LogP contribution in [-0.4, -0.2) is 37.0 Å². The number of ether oxygens (including phenoxy) is 1. The van der Waals surface area contributed by atoms with Crippen LogP contribution in [0.4, 0.5) is 5.69 Å². The van der Waals surface area contributed by atoms with Crippen LogP contribution >= 0.6 is 0 Å². The molecule has 2 aromatic rings. The Balaban J connectivity index is 1.22. The number of benzene rings is 2. The first-order valence-electron chi connectivity index (χ1n) is 11.0. The van der Waals surface area contributed by atoms with E-state index in [4.69, 9.17) is 4.74 Å². The van der Waals surface area contributed by atoms with Gasteiger partial charge in [-0.3, -0.25) is 4.79 Å². The first-order valence-corrected chi connectivity index (χ1v) is 11.0. The molecular weight excluding hydrogens is 360 g/mol. The monoisotopic (exact) mass is 392 g/mol. The predicted octanol–water partition coefficient (Wildman–Crippen LogP) is 4.54. The Morgan fingerprint density at radius 1 is 1.07 bits per heavy atom. The third-order valence-corrected chi connectivity index (χ3v) is 6.18. The van der Waals surface area contributed by atoms with Crippen LogP contribution in [0.5, 0.6) is 5.75 Å². The third kappa shape index (κ3) is 5.39. The van der Waals surface area contributed by atoms with Gasteiger partial charge in [0.2, 0.25) is 5.91 Å². The minimum Gasteiger partial charge on any atom is -0.493 e. The van der Waals surface area contributed by atoms with E-state index in [-0.39, 0.29) is 5.91 Å². The molecule has 2 aliphatic heterocycles. The highest BCUT2D eigenvalue weighted by Gasteiger charge is 2.22. The zero-order chi connectivity index (χ0) is 20.1. The number of nitrogens with zero attached hydrogens (tertiary/aromatic N) is 1. The Hall–Kier alpha value is -2.33. The first kappa shape index (κ1) is 20.0. The molecule has 0 spiro atoms. The van der Waals surface area contributed by atoms with E-state index < -0.39 is 0 Å². The summed E-state index contributed by atoms with van der Waals surface area (Å²) in [6.45, 7) is 6.45. The summed E-state index contributed by atoms with van der Waals surface area (Å²) in [7, 11) is 0. The molecule has 4 nitrogen and oxygen atoms in total. The van der Waals surface area contributed by atoms with Gasteiger partial charge in [-0.2, -0.15) is 0 Å². The number of amides is 1. The highest BCUT2D eigenvalue weighted by Crippen LogP contribution is 2.31. The van der Waals surface area contributed by atoms with Crippen molar-refractivity contribution in [1.82, 2.24) is 4.90 Å². The molecule has 0 aromatic heterocycles. The summed E-state index contributed by atoms with van der Waals surface area (Å²) in [5.74, 6) is 2.32. The molecule has 1 N–H and O–H groups in total. The van der Waals surface area contributed by atoms with Crippen molar-refractivity contribution in [2.75, 3.05) is 31.6 Å². The number of rotatable bonds is 7. The van der Waals surface area contributed by atoms with Crippen LogP contribution in [0.1, 0.15) is 37.3 Å². The minimum atomic E-state index is 0.0960. The van der Waals surface area contributed by atoms with Crippen LogP contribution in [0.3, 0.4) is 0 Å². The lowest BCUT2D eigenvalue weighted by Crippen LogP contribution is -2.38.